The molecular weight excluding hydrogens is 229 g/mol. The van der Waals surface area contributed by atoms with Crippen molar-refractivity contribution in [1.29, 1.82) is 0 Å². The van der Waals surface area contributed by atoms with Crippen LogP contribution in [-0.2, 0) is 19.9 Å². The summed E-state index contributed by atoms with van der Waals surface area (Å²) in [5.41, 5.74) is -5.53. The highest BCUT2D eigenvalue weighted by atomic mass is 32.2. The smallest absolute Gasteiger partial charge is 0.279 e. The second-order valence-electron chi connectivity index (χ2n) is 2.27. The predicted molar refractivity (Wildman–Crippen MR) is 38.7 cm³/mol. The van der Waals surface area contributed by atoms with Gasteiger partial charge in [0.2, 0.25) is 0 Å². The first-order valence-corrected chi connectivity index (χ1v) is 4.97. The van der Waals surface area contributed by atoms with Gasteiger partial charge in [-0.1, -0.05) is 0 Å². The molecule has 0 amide bonds. The van der Waals surface area contributed by atoms with Crippen molar-refractivity contribution in [2.75, 3.05) is 13.2 Å². The second-order valence-corrected chi connectivity index (χ2v) is 3.68. The molecule has 0 unspecified atom stereocenters. The van der Waals surface area contributed by atoms with Crippen LogP contribution in [0.2, 0.25) is 0 Å². The Hall–Kier alpha value is -0.380. The molecular formula is C5H9F3O5S. The minimum atomic E-state index is -5.84. The molecule has 86 valence electrons. The van der Waals surface area contributed by atoms with Crippen molar-refractivity contribution < 1.29 is 35.9 Å². The Bertz CT molecular complexity index is 231. The summed E-state index contributed by atoms with van der Waals surface area (Å²) in [6.45, 7) is 1.56. The standard InChI is InChI=1S/C4H8O2.CHF3O3S/c1-2-4-6-5-3-1;2-1(3,4)8(5,6)7/h1-4H2;(H,5,6,7). The minimum absolute atomic E-state index is 0.778. The van der Waals surface area contributed by atoms with Gasteiger partial charge in [0.15, 0.2) is 0 Å². The molecule has 0 aromatic rings. The molecule has 1 aliphatic rings. The maximum absolute atomic E-state index is 10.7. The van der Waals surface area contributed by atoms with E-state index >= 15 is 0 Å². The molecule has 0 saturated carbocycles. The fourth-order valence-electron chi connectivity index (χ4n) is 0.440. The first-order chi connectivity index (χ1) is 6.25. The summed E-state index contributed by atoms with van der Waals surface area (Å²) in [5, 5.41) is 0. The first-order valence-electron chi connectivity index (χ1n) is 3.53. The van der Waals surface area contributed by atoms with Crippen LogP contribution >= 0.6 is 0 Å². The van der Waals surface area contributed by atoms with Gasteiger partial charge in [0.1, 0.15) is 0 Å². The van der Waals surface area contributed by atoms with E-state index in [2.05, 4.69) is 9.78 Å². The molecule has 1 rings (SSSR count). The lowest BCUT2D eigenvalue weighted by molar-refractivity contribution is -0.312. The lowest BCUT2D eigenvalue weighted by Gasteiger charge is -2.07. The van der Waals surface area contributed by atoms with E-state index in [1.54, 1.807) is 0 Å². The van der Waals surface area contributed by atoms with Crippen LogP contribution in [0.4, 0.5) is 13.2 Å². The number of halogens is 3. The second kappa shape index (κ2) is 5.49. The van der Waals surface area contributed by atoms with Gasteiger partial charge in [-0.25, -0.2) is 9.78 Å². The quantitative estimate of drug-likeness (QED) is 0.389. The zero-order valence-electron chi connectivity index (χ0n) is 6.95. The lowest BCUT2D eigenvalue weighted by atomic mass is 10.3. The average molecular weight is 238 g/mol. The SMILES string of the molecule is C1CCOOC1.O=S(=O)(O)C(F)(F)F. The molecule has 0 aliphatic carbocycles. The van der Waals surface area contributed by atoms with Crippen molar-refractivity contribution in [3.63, 3.8) is 0 Å². The minimum Gasteiger partial charge on any atom is -0.279 e. The van der Waals surface area contributed by atoms with E-state index in [-0.39, 0.29) is 0 Å². The number of hydrogen-bond donors (Lipinski definition) is 1. The van der Waals surface area contributed by atoms with Crippen LogP contribution in [-0.4, -0.2) is 31.7 Å². The van der Waals surface area contributed by atoms with E-state index in [4.69, 9.17) is 13.0 Å². The van der Waals surface area contributed by atoms with E-state index < -0.39 is 15.6 Å². The van der Waals surface area contributed by atoms with Crippen LogP contribution in [0.15, 0.2) is 0 Å². The number of hydrogen-bond acceptors (Lipinski definition) is 4. The Morgan fingerprint density at radius 2 is 1.36 bits per heavy atom. The van der Waals surface area contributed by atoms with E-state index in [9.17, 15) is 13.2 Å². The summed E-state index contributed by atoms with van der Waals surface area (Å²) in [6.07, 6.45) is 2.31. The maximum atomic E-state index is 10.7. The van der Waals surface area contributed by atoms with E-state index in [0.29, 0.717) is 0 Å². The van der Waals surface area contributed by atoms with Gasteiger partial charge in [-0.3, -0.25) is 4.55 Å². The lowest BCUT2D eigenvalue weighted by Crippen LogP contribution is -2.21. The van der Waals surface area contributed by atoms with Gasteiger partial charge >= 0.3 is 15.6 Å². The van der Waals surface area contributed by atoms with Crippen LogP contribution in [0.25, 0.3) is 0 Å². The van der Waals surface area contributed by atoms with Crippen LogP contribution < -0.4 is 0 Å². The third-order valence-electron chi connectivity index (χ3n) is 1.08. The molecule has 0 radical (unpaired) electrons. The number of alkyl halides is 3. The van der Waals surface area contributed by atoms with Crippen molar-refractivity contribution >= 4 is 10.1 Å². The molecule has 0 aromatic carbocycles. The number of rotatable bonds is 0. The molecule has 0 bridgehead atoms. The molecule has 1 aliphatic heterocycles. The van der Waals surface area contributed by atoms with Crippen LogP contribution in [0.3, 0.4) is 0 Å². The Morgan fingerprint density at radius 1 is 1.07 bits per heavy atom. The summed E-state index contributed by atoms with van der Waals surface area (Å²) < 4.78 is 57.5. The normalized spacial score (nSPS) is 18.3. The van der Waals surface area contributed by atoms with E-state index in [1.807, 2.05) is 0 Å². The zero-order valence-corrected chi connectivity index (χ0v) is 7.77. The third kappa shape index (κ3) is 6.13. The van der Waals surface area contributed by atoms with Gasteiger partial charge in [-0.05, 0) is 12.8 Å². The third-order valence-corrected chi connectivity index (χ3v) is 1.67. The summed E-state index contributed by atoms with van der Waals surface area (Å²) in [6, 6.07) is 0. The van der Waals surface area contributed by atoms with Crippen LogP contribution in [0.5, 0.6) is 0 Å². The topological polar surface area (TPSA) is 72.8 Å². The molecule has 0 atom stereocenters. The Morgan fingerprint density at radius 3 is 1.43 bits per heavy atom. The monoisotopic (exact) mass is 238 g/mol. The van der Waals surface area contributed by atoms with Crippen molar-refractivity contribution in [2.24, 2.45) is 0 Å². The summed E-state index contributed by atoms with van der Waals surface area (Å²) >= 11 is 0. The van der Waals surface area contributed by atoms with Crippen LogP contribution in [0.1, 0.15) is 12.8 Å². The Labute approximate surface area is 78.5 Å². The molecule has 0 spiro atoms. The zero-order chi connectivity index (χ0) is 11.2. The van der Waals surface area contributed by atoms with Gasteiger partial charge in [0.05, 0.1) is 13.2 Å². The Balaban J connectivity index is 0.000000249. The van der Waals surface area contributed by atoms with Crippen molar-refractivity contribution in [3.8, 4) is 0 Å². The highest BCUT2D eigenvalue weighted by molar-refractivity contribution is 7.86. The highest BCUT2D eigenvalue weighted by Gasteiger charge is 2.44. The fraction of sp³-hybridized carbons (Fsp3) is 1.00. The van der Waals surface area contributed by atoms with Gasteiger partial charge in [-0.15, -0.1) is 0 Å². The maximum Gasteiger partial charge on any atom is 0.522 e. The summed E-state index contributed by atoms with van der Waals surface area (Å²) in [5.74, 6) is 0. The fourth-order valence-corrected chi connectivity index (χ4v) is 0.440. The van der Waals surface area contributed by atoms with Crippen molar-refractivity contribution in [3.05, 3.63) is 0 Å². The van der Waals surface area contributed by atoms with Crippen molar-refractivity contribution in [1.82, 2.24) is 0 Å². The van der Waals surface area contributed by atoms with E-state index in [1.165, 1.54) is 0 Å². The molecule has 1 N–H and O–H groups in total. The van der Waals surface area contributed by atoms with Crippen LogP contribution in [0, 0.1) is 0 Å². The summed E-state index contributed by atoms with van der Waals surface area (Å²) in [4.78, 5) is 9.14. The molecule has 1 saturated heterocycles. The summed E-state index contributed by atoms with van der Waals surface area (Å²) in [7, 11) is -5.84. The molecule has 14 heavy (non-hydrogen) atoms. The molecule has 9 heteroatoms. The van der Waals surface area contributed by atoms with Gasteiger partial charge in [0, 0.05) is 0 Å². The van der Waals surface area contributed by atoms with Gasteiger partial charge in [-0.2, -0.15) is 21.6 Å². The molecule has 5 nitrogen and oxygen atoms in total. The van der Waals surface area contributed by atoms with Gasteiger partial charge < -0.3 is 0 Å². The average Bonchev–Trinajstić information content (AvgIpc) is 2.05. The predicted octanol–water partition coefficient (Wildman–Crippen LogP) is 1.12. The van der Waals surface area contributed by atoms with E-state index in [0.717, 1.165) is 26.1 Å². The van der Waals surface area contributed by atoms with Gasteiger partial charge in [0.25, 0.3) is 0 Å². The van der Waals surface area contributed by atoms with Crippen molar-refractivity contribution in [2.45, 2.75) is 18.3 Å². The largest absolute Gasteiger partial charge is 0.522 e. The molecule has 1 heterocycles. The Kier molecular flexibility index (Phi) is 5.34. The highest BCUT2D eigenvalue weighted by Crippen LogP contribution is 2.20. The molecule has 0 aromatic heterocycles. The first kappa shape index (κ1) is 13.6. The molecule has 1 fully saturated rings.